The summed E-state index contributed by atoms with van der Waals surface area (Å²) in [6, 6.07) is 12.2. The van der Waals surface area contributed by atoms with Gasteiger partial charge >= 0.3 is 0 Å². The van der Waals surface area contributed by atoms with Gasteiger partial charge in [0.05, 0.1) is 0 Å². The van der Waals surface area contributed by atoms with E-state index in [9.17, 15) is 0 Å². The minimum absolute atomic E-state index is 0.375. The Morgan fingerprint density at radius 1 is 1.25 bits per heavy atom. The van der Waals surface area contributed by atoms with E-state index >= 15 is 0 Å². The van der Waals surface area contributed by atoms with E-state index in [-0.39, 0.29) is 0 Å². The smallest absolute Gasteiger partial charge is 0.169 e. The van der Waals surface area contributed by atoms with Gasteiger partial charge in [0.1, 0.15) is 5.76 Å². The number of hydrogen-bond acceptors (Lipinski definition) is 3. The molecule has 1 heterocycles. The lowest BCUT2D eigenvalue weighted by atomic mass is 10.1. The Balaban J connectivity index is 1.95. The highest BCUT2D eigenvalue weighted by Gasteiger charge is 2.06. The summed E-state index contributed by atoms with van der Waals surface area (Å²) in [7, 11) is 0. The third-order valence-corrected chi connectivity index (χ3v) is 2.41. The monoisotopic (exact) mass is 216 g/mol. The van der Waals surface area contributed by atoms with Gasteiger partial charge in [0.25, 0.3) is 0 Å². The number of nitrogens with zero attached hydrogens (tertiary/aromatic N) is 1. The summed E-state index contributed by atoms with van der Waals surface area (Å²) < 4.78 is 5.20. The Morgan fingerprint density at radius 2 is 2.00 bits per heavy atom. The van der Waals surface area contributed by atoms with Gasteiger partial charge in [-0.25, -0.2) is 0 Å². The zero-order valence-electron chi connectivity index (χ0n) is 9.60. The van der Waals surface area contributed by atoms with Crippen LogP contribution in [0.15, 0.2) is 40.9 Å². The van der Waals surface area contributed by atoms with Gasteiger partial charge < -0.3 is 9.84 Å². The quantitative estimate of drug-likeness (QED) is 0.851. The largest absolute Gasteiger partial charge is 0.363 e. The fourth-order valence-electron chi connectivity index (χ4n) is 1.43. The second kappa shape index (κ2) is 4.84. The predicted molar refractivity (Wildman–Crippen MR) is 64.4 cm³/mol. The number of rotatable bonds is 4. The molecule has 3 heteroatoms. The molecule has 0 amide bonds. The summed E-state index contributed by atoms with van der Waals surface area (Å²) >= 11 is 0. The molecule has 0 bridgehead atoms. The maximum Gasteiger partial charge on any atom is 0.169 e. The van der Waals surface area contributed by atoms with E-state index in [1.165, 1.54) is 5.56 Å². The molecule has 0 atom stereocenters. The molecule has 0 spiro atoms. The van der Waals surface area contributed by atoms with Crippen molar-refractivity contribution >= 4 is 5.82 Å². The number of nitrogens with one attached hydrogen (secondary N) is 1. The van der Waals surface area contributed by atoms with Gasteiger partial charge in [0.2, 0.25) is 0 Å². The normalized spacial score (nSPS) is 10.7. The van der Waals surface area contributed by atoms with Crippen LogP contribution in [0.1, 0.15) is 31.1 Å². The van der Waals surface area contributed by atoms with Crippen molar-refractivity contribution in [3.05, 3.63) is 47.7 Å². The van der Waals surface area contributed by atoms with Crippen LogP contribution in [0.4, 0.5) is 5.82 Å². The molecule has 1 aromatic carbocycles. The summed E-state index contributed by atoms with van der Waals surface area (Å²) in [5.41, 5.74) is 1.23. The highest BCUT2D eigenvalue weighted by atomic mass is 16.5. The van der Waals surface area contributed by atoms with Crippen molar-refractivity contribution in [2.24, 2.45) is 0 Å². The van der Waals surface area contributed by atoms with E-state index in [4.69, 9.17) is 4.52 Å². The first kappa shape index (κ1) is 10.7. The zero-order chi connectivity index (χ0) is 11.4. The molecule has 1 aromatic heterocycles. The highest BCUT2D eigenvalue weighted by Crippen LogP contribution is 2.18. The van der Waals surface area contributed by atoms with Gasteiger partial charge in [-0.05, 0) is 5.56 Å². The van der Waals surface area contributed by atoms with Crippen molar-refractivity contribution in [2.45, 2.75) is 26.3 Å². The predicted octanol–water partition coefficient (Wildman–Crippen LogP) is 3.41. The molecule has 1 N–H and O–H groups in total. The minimum Gasteiger partial charge on any atom is -0.363 e. The van der Waals surface area contributed by atoms with Crippen molar-refractivity contribution in [2.75, 3.05) is 5.32 Å². The van der Waals surface area contributed by atoms with Crippen LogP contribution in [0, 0.1) is 0 Å². The average molecular weight is 216 g/mol. The van der Waals surface area contributed by atoms with Gasteiger partial charge in [-0.1, -0.05) is 49.3 Å². The van der Waals surface area contributed by atoms with Crippen LogP contribution in [0.5, 0.6) is 0 Å². The summed E-state index contributed by atoms with van der Waals surface area (Å²) in [6.45, 7) is 4.94. The molecule has 0 saturated carbocycles. The van der Waals surface area contributed by atoms with Crippen LogP contribution in [0.25, 0.3) is 0 Å². The fourth-order valence-corrected chi connectivity index (χ4v) is 1.43. The first-order chi connectivity index (χ1) is 7.75. The first-order valence-electron chi connectivity index (χ1n) is 5.50. The molecular formula is C13H16N2O. The van der Waals surface area contributed by atoms with Gasteiger partial charge in [-0.3, -0.25) is 0 Å². The summed E-state index contributed by atoms with van der Waals surface area (Å²) in [5.74, 6) is 2.09. The lowest BCUT2D eigenvalue weighted by Crippen LogP contribution is -1.98. The van der Waals surface area contributed by atoms with E-state index in [1.807, 2.05) is 24.3 Å². The molecule has 16 heavy (non-hydrogen) atoms. The van der Waals surface area contributed by atoms with Gasteiger partial charge in [0.15, 0.2) is 5.82 Å². The number of hydrogen-bond donors (Lipinski definition) is 1. The van der Waals surface area contributed by atoms with Crippen molar-refractivity contribution < 1.29 is 4.52 Å². The van der Waals surface area contributed by atoms with Crippen LogP contribution < -0.4 is 5.32 Å². The van der Waals surface area contributed by atoms with Gasteiger partial charge in [-0.2, -0.15) is 0 Å². The van der Waals surface area contributed by atoms with E-state index in [0.717, 1.165) is 18.1 Å². The maximum absolute atomic E-state index is 5.20. The molecule has 3 nitrogen and oxygen atoms in total. The Morgan fingerprint density at radius 3 is 2.62 bits per heavy atom. The Labute approximate surface area is 95.5 Å². The van der Waals surface area contributed by atoms with Crippen LogP contribution in [0.3, 0.4) is 0 Å². The van der Waals surface area contributed by atoms with Gasteiger partial charge in [0, 0.05) is 18.5 Å². The molecule has 2 aromatic rings. The second-order valence-corrected chi connectivity index (χ2v) is 4.11. The molecule has 0 aliphatic heterocycles. The van der Waals surface area contributed by atoms with E-state index < -0.39 is 0 Å². The van der Waals surface area contributed by atoms with Crippen molar-refractivity contribution in [1.82, 2.24) is 5.16 Å². The molecular weight excluding hydrogens is 200 g/mol. The summed E-state index contributed by atoms with van der Waals surface area (Å²) in [5, 5.41) is 7.20. The maximum atomic E-state index is 5.20. The fraction of sp³-hybridized carbons (Fsp3) is 0.308. The molecule has 0 aliphatic carbocycles. The second-order valence-electron chi connectivity index (χ2n) is 4.11. The molecule has 2 rings (SSSR count). The zero-order valence-corrected chi connectivity index (χ0v) is 9.60. The van der Waals surface area contributed by atoms with Gasteiger partial charge in [-0.15, -0.1) is 0 Å². The SMILES string of the molecule is CC(C)c1cc(NCc2ccccc2)no1. The van der Waals surface area contributed by atoms with Crippen LogP contribution in [-0.2, 0) is 6.54 Å². The minimum atomic E-state index is 0.375. The average Bonchev–Trinajstić information content (AvgIpc) is 2.76. The number of anilines is 1. The van der Waals surface area contributed by atoms with Crippen molar-refractivity contribution in [3.8, 4) is 0 Å². The van der Waals surface area contributed by atoms with Crippen molar-refractivity contribution in [1.29, 1.82) is 0 Å². The number of aromatic nitrogens is 1. The Kier molecular flexibility index (Phi) is 3.25. The van der Waals surface area contributed by atoms with Crippen LogP contribution >= 0.6 is 0 Å². The molecule has 0 fully saturated rings. The summed E-state index contributed by atoms with van der Waals surface area (Å²) in [6.07, 6.45) is 0. The third kappa shape index (κ3) is 2.63. The van der Waals surface area contributed by atoms with Crippen molar-refractivity contribution in [3.63, 3.8) is 0 Å². The van der Waals surface area contributed by atoms with Crippen LogP contribution in [-0.4, -0.2) is 5.16 Å². The standard InChI is InChI=1S/C13H16N2O/c1-10(2)12-8-13(15-16-12)14-9-11-6-4-3-5-7-11/h3-8,10H,9H2,1-2H3,(H,14,15). The topological polar surface area (TPSA) is 38.1 Å². The Hall–Kier alpha value is -1.77. The summed E-state index contributed by atoms with van der Waals surface area (Å²) in [4.78, 5) is 0. The molecule has 0 aliphatic rings. The molecule has 0 radical (unpaired) electrons. The van der Waals surface area contributed by atoms with Crippen LogP contribution in [0.2, 0.25) is 0 Å². The molecule has 0 saturated heterocycles. The number of benzene rings is 1. The van der Waals surface area contributed by atoms with E-state index in [0.29, 0.717) is 5.92 Å². The molecule has 0 unspecified atom stereocenters. The highest BCUT2D eigenvalue weighted by molar-refractivity contribution is 5.35. The van der Waals surface area contributed by atoms with E-state index in [1.54, 1.807) is 0 Å². The van der Waals surface area contributed by atoms with E-state index in [2.05, 4.69) is 36.5 Å². The first-order valence-corrected chi connectivity index (χ1v) is 5.50. The lowest BCUT2D eigenvalue weighted by molar-refractivity contribution is 0.373. The lowest BCUT2D eigenvalue weighted by Gasteiger charge is -2.01. The Bertz CT molecular complexity index is 434. The third-order valence-electron chi connectivity index (χ3n) is 2.41. The molecule has 84 valence electrons.